The molecule has 0 unspecified atom stereocenters. The van der Waals surface area contributed by atoms with Crippen LogP contribution in [0.5, 0.6) is 0 Å². The van der Waals surface area contributed by atoms with Gasteiger partial charge >= 0.3 is 0 Å². The van der Waals surface area contributed by atoms with E-state index < -0.39 is 0 Å². The van der Waals surface area contributed by atoms with Crippen molar-refractivity contribution in [3.63, 3.8) is 0 Å². The van der Waals surface area contributed by atoms with E-state index in [1.54, 1.807) is 0 Å². The van der Waals surface area contributed by atoms with Gasteiger partial charge in [-0.05, 0) is 43.0 Å². The molecule has 0 bridgehead atoms. The summed E-state index contributed by atoms with van der Waals surface area (Å²) >= 11 is 5.96. The lowest BCUT2D eigenvalue weighted by Crippen LogP contribution is -2.48. The molecule has 0 spiro atoms. The average molecular weight is 293 g/mol. The molecule has 110 valence electrons. The first kappa shape index (κ1) is 14.2. The molecule has 2 fully saturated rings. The van der Waals surface area contributed by atoms with Crippen LogP contribution in [0, 0.1) is 5.92 Å². The first-order valence-corrected chi connectivity index (χ1v) is 8.42. The lowest BCUT2D eigenvalue weighted by molar-refractivity contribution is 0.192. The molecule has 0 amide bonds. The molecule has 0 N–H and O–H groups in total. The molecule has 2 nitrogen and oxygen atoms in total. The largest absolute Gasteiger partial charge is 0.369 e. The number of hydrogen-bond acceptors (Lipinski definition) is 2. The topological polar surface area (TPSA) is 6.48 Å². The summed E-state index contributed by atoms with van der Waals surface area (Å²) in [6, 6.07) is 8.26. The normalized spacial score (nSPS) is 22.1. The number of rotatable bonds is 3. The molecule has 1 aromatic carbocycles. The zero-order valence-corrected chi connectivity index (χ0v) is 13.0. The molecule has 0 aromatic heterocycles. The Morgan fingerprint density at radius 1 is 0.900 bits per heavy atom. The van der Waals surface area contributed by atoms with Crippen LogP contribution in [0.3, 0.4) is 0 Å². The molecular weight excluding hydrogens is 268 g/mol. The van der Waals surface area contributed by atoms with Gasteiger partial charge in [-0.2, -0.15) is 0 Å². The van der Waals surface area contributed by atoms with Gasteiger partial charge in [0, 0.05) is 43.4 Å². The molecule has 3 rings (SSSR count). The van der Waals surface area contributed by atoms with Gasteiger partial charge in [-0.25, -0.2) is 0 Å². The van der Waals surface area contributed by atoms with Gasteiger partial charge in [-0.1, -0.05) is 30.9 Å². The average Bonchev–Trinajstić information content (AvgIpc) is 2.50. The first-order chi connectivity index (χ1) is 9.81. The van der Waals surface area contributed by atoms with Crippen molar-refractivity contribution in [1.82, 2.24) is 4.90 Å². The molecular formula is C17H25ClN2. The van der Waals surface area contributed by atoms with E-state index in [1.807, 2.05) is 12.1 Å². The summed E-state index contributed by atoms with van der Waals surface area (Å²) in [4.78, 5) is 5.15. The Morgan fingerprint density at radius 2 is 1.55 bits per heavy atom. The van der Waals surface area contributed by atoms with Crippen molar-refractivity contribution in [3.05, 3.63) is 29.3 Å². The molecule has 20 heavy (non-hydrogen) atoms. The SMILES string of the molecule is Clc1ccc(N2CCN(CC3CCCCC3)CC2)cc1. The number of nitrogens with zero attached hydrogens (tertiary/aromatic N) is 2. The van der Waals surface area contributed by atoms with Gasteiger partial charge in [0.25, 0.3) is 0 Å². The third kappa shape index (κ3) is 3.67. The summed E-state index contributed by atoms with van der Waals surface area (Å²) < 4.78 is 0. The van der Waals surface area contributed by atoms with Gasteiger partial charge in [-0.15, -0.1) is 0 Å². The number of anilines is 1. The fraction of sp³-hybridized carbons (Fsp3) is 0.647. The maximum Gasteiger partial charge on any atom is 0.0407 e. The van der Waals surface area contributed by atoms with Crippen molar-refractivity contribution in [1.29, 1.82) is 0 Å². The van der Waals surface area contributed by atoms with Crippen LogP contribution in [0.1, 0.15) is 32.1 Å². The minimum atomic E-state index is 0.824. The van der Waals surface area contributed by atoms with E-state index in [0.717, 1.165) is 24.0 Å². The molecule has 1 aliphatic heterocycles. The Hall–Kier alpha value is -0.730. The van der Waals surface area contributed by atoms with Gasteiger partial charge in [0.2, 0.25) is 0 Å². The number of piperazine rings is 1. The monoisotopic (exact) mass is 292 g/mol. The van der Waals surface area contributed by atoms with Gasteiger partial charge in [0.05, 0.1) is 0 Å². The van der Waals surface area contributed by atoms with Crippen molar-refractivity contribution in [3.8, 4) is 0 Å². The number of halogens is 1. The zero-order chi connectivity index (χ0) is 13.8. The fourth-order valence-electron chi connectivity index (χ4n) is 3.58. The smallest absolute Gasteiger partial charge is 0.0407 e. The number of hydrogen-bond donors (Lipinski definition) is 0. The van der Waals surface area contributed by atoms with E-state index in [9.17, 15) is 0 Å². The van der Waals surface area contributed by atoms with Crippen molar-refractivity contribution >= 4 is 17.3 Å². The lowest BCUT2D eigenvalue weighted by atomic mass is 9.89. The highest BCUT2D eigenvalue weighted by Gasteiger charge is 2.21. The van der Waals surface area contributed by atoms with E-state index in [2.05, 4.69) is 21.9 Å². The summed E-state index contributed by atoms with van der Waals surface area (Å²) in [5, 5.41) is 0.824. The molecule has 2 aliphatic rings. The minimum Gasteiger partial charge on any atom is -0.369 e. The van der Waals surface area contributed by atoms with Gasteiger partial charge in [0.1, 0.15) is 0 Å². The quantitative estimate of drug-likeness (QED) is 0.829. The molecule has 1 aromatic rings. The van der Waals surface area contributed by atoms with Crippen molar-refractivity contribution in [2.75, 3.05) is 37.6 Å². The summed E-state index contributed by atoms with van der Waals surface area (Å²) in [6.07, 6.45) is 7.28. The van der Waals surface area contributed by atoms with E-state index in [1.165, 1.54) is 57.4 Å². The molecule has 1 saturated heterocycles. The number of benzene rings is 1. The second-order valence-corrected chi connectivity index (χ2v) is 6.70. The van der Waals surface area contributed by atoms with Crippen LogP contribution in [0.25, 0.3) is 0 Å². The summed E-state index contributed by atoms with van der Waals surface area (Å²) in [5.74, 6) is 0.964. The summed E-state index contributed by atoms with van der Waals surface area (Å²) in [5.41, 5.74) is 1.31. The van der Waals surface area contributed by atoms with E-state index in [-0.39, 0.29) is 0 Å². The Bertz CT molecular complexity index is 404. The van der Waals surface area contributed by atoms with Crippen LogP contribution in [0.15, 0.2) is 24.3 Å². The predicted octanol–water partition coefficient (Wildman–Crippen LogP) is 4.04. The minimum absolute atomic E-state index is 0.824. The molecule has 1 saturated carbocycles. The van der Waals surface area contributed by atoms with Crippen molar-refractivity contribution in [2.24, 2.45) is 5.92 Å². The third-order valence-corrected chi connectivity index (χ3v) is 5.06. The van der Waals surface area contributed by atoms with Crippen molar-refractivity contribution < 1.29 is 0 Å². The maximum absolute atomic E-state index is 5.96. The van der Waals surface area contributed by atoms with Crippen LogP contribution >= 0.6 is 11.6 Å². The van der Waals surface area contributed by atoms with Crippen LogP contribution in [0.2, 0.25) is 5.02 Å². The van der Waals surface area contributed by atoms with Crippen LogP contribution in [0.4, 0.5) is 5.69 Å². The molecule has 0 atom stereocenters. The first-order valence-electron chi connectivity index (χ1n) is 8.04. The predicted molar refractivity (Wildman–Crippen MR) is 86.7 cm³/mol. The zero-order valence-electron chi connectivity index (χ0n) is 12.2. The highest BCUT2D eigenvalue weighted by atomic mass is 35.5. The summed E-state index contributed by atoms with van der Waals surface area (Å²) in [7, 11) is 0. The van der Waals surface area contributed by atoms with Gasteiger partial charge < -0.3 is 4.90 Å². The third-order valence-electron chi connectivity index (χ3n) is 4.81. The van der Waals surface area contributed by atoms with E-state index in [4.69, 9.17) is 11.6 Å². The second-order valence-electron chi connectivity index (χ2n) is 6.27. The second kappa shape index (κ2) is 6.82. The molecule has 0 radical (unpaired) electrons. The Balaban J connectivity index is 1.47. The van der Waals surface area contributed by atoms with Crippen LogP contribution in [-0.4, -0.2) is 37.6 Å². The van der Waals surface area contributed by atoms with Crippen LogP contribution < -0.4 is 4.90 Å². The Kier molecular flexibility index (Phi) is 4.85. The van der Waals surface area contributed by atoms with Crippen molar-refractivity contribution in [2.45, 2.75) is 32.1 Å². The molecule has 3 heteroatoms. The standard InChI is InChI=1S/C17H25ClN2/c18-16-6-8-17(9-7-16)20-12-10-19(11-13-20)14-15-4-2-1-3-5-15/h6-9,15H,1-5,10-14H2. The van der Waals surface area contributed by atoms with Gasteiger partial charge in [0.15, 0.2) is 0 Å². The fourth-order valence-corrected chi connectivity index (χ4v) is 3.70. The highest BCUT2D eigenvalue weighted by Crippen LogP contribution is 2.25. The highest BCUT2D eigenvalue weighted by molar-refractivity contribution is 6.30. The molecule has 1 heterocycles. The lowest BCUT2D eigenvalue weighted by Gasteiger charge is -2.38. The van der Waals surface area contributed by atoms with E-state index in [0.29, 0.717) is 0 Å². The Labute approximate surface area is 127 Å². The van der Waals surface area contributed by atoms with E-state index >= 15 is 0 Å². The van der Waals surface area contributed by atoms with Gasteiger partial charge in [-0.3, -0.25) is 4.90 Å². The van der Waals surface area contributed by atoms with Crippen LogP contribution in [-0.2, 0) is 0 Å². The Morgan fingerprint density at radius 3 is 2.20 bits per heavy atom. The molecule has 1 aliphatic carbocycles. The maximum atomic E-state index is 5.96. The summed E-state index contributed by atoms with van der Waals surface area (Å²) in [6.45, 7) is 6.04.